The first-order chi connectivity index (χ1) is 8.58. The quantitative estimate of drug-likeness (QED) is 0.887. The number of anilines is 1. The average molecular weight is 269 g/mol. The van der Waals surface area contributed by atoms with Gasteiger partial charge in [0, 0.05) is 30.9 Å². The first-order valence-electron chi connectivity index (χ1n) is 6.53. The van der Waals surface area contributed by atoms with E-state index in [-0.39, 0.29) is 16.4 Å². The summed E-state index contributed by atoms with van der Waals surface area (Å²) in [6.07, 6.45) is 2.64. The fraction of sp³-hybridized carbons (Fsp3) is 0.571. The molecule has 3 rings (SSSR count). The molecule has 1 saturated carbocycles. The number of halogens is 2. The van der Waals surface area contributed by atoms with Gasteiger partial charge in [-0.15, -0.1) is 0 Å². The second-order valence-electron chi connectivity index (χ2n) is 5.64. The van der Waals surface area contributed by atoms with Gasteiger partial charge in [0.05, 0.1) is 5.02 Å². The van der Waals surface area contributed by atoms with Gasteiger partial charge >= 0.3 is 0 Å². The third-order valence-electron chi connectivity index (χ3n) is 4.18. The lowest BCUT2D eigenvalue weighted by Crippen LogP contribution is -2.60. The summed E-state index contributed by atoms with van der Waals surface area (Å²) in [7, 11) is 0. The van der Waals surface area contributed by atoms with Gasteiger partial charge in [-0.05, 0) is 43.9 Å². The third-order valence-corrected chi connectivity index (χ3v) is 4.47. The second kappa shape index (κ2) is 4.39. The van der Waals surface area contributed by atoms with Crippen molar-refractivity contribution in [2.75, 3.05) is 24.5 Å². The van der Waals surface area contributed by atoms with Crippen LogP contribution in [0.15, 0.2) is 18.2 Å². The molecule has 0 radical (unpaired) electrons. The fourth-order valence-corrected chi connectivity index (χ4v) is 3.08. The summed E-state index contributed by atoms with van der Waals surface area (Å²) >= 11 is 5.86. The molecule has 1 heterocycles. The summed E-state index contributed by atoms with van der Waals surface area (Å²) in [4.78, 5) is 2.31. The maximum absolute atomic E-state index is 13.2. The Morgan fingerprint density at radius 1 is 1.44 bits per heavy atom. The van der Waals surface area contributed by atoms with E-state index in [1.807, 2.05) is 6.07 Å². The highest BCUT2D eigenvalue weighted by Gasteiger charge is 2.43. The van der Waals surface area contributed by atoms with Gasteiger partial charge in [-0.25, -0.2) is 4.39 Å². The highest BCUT2D eigenvalue weighted by Crippen LogP contribution is 2.41. The summed E-state index contributed by atoms with van der Waals surface area (Å²) < 4.78 is 13.2. The van der Waals surface area contributed by atoms with E-state index in [9.17, 15) is 4.39 Å². The molecular formula is C14H18ClFN2. The monoisotopic (exact) mass is 268 g/mol. The lowest BCUT2D eigenvalue weighted by molar-refractivity contribution is 0.285. The Bertz CT molecular complexity index is 461. The van der Waals surface area contributed by atoms with Crippen molar-refractivity contribution in [1.29, 1.82) is 0 Å². The van der Waals surface area contributed by atoms with E-state index < -0.39 is 0 Å². The molecule has 2 nitrogen and oxygen atoms in total. The number of piperazine rings is 1. The lowest BCUT2D eigenvalue weighted by Gasteiger charge is -2.43. The smallest absolute Gasteiger partial charge is 0.141 e. The molecule has 0 aromatic heterocycles. The van der Waals surface area contributed by atoms with Gasteiger partial charge in [0.25, 0.3) is 0 Å². The van der Waals surface area contributed by atoms with E-state index in [0.29, 0.717) is 0 Å². The van der Waals surface area contributed by atoms with Gasteiger partial charge in [0.1, 0.15) is 5.82 Å². The van der Waals surface area contributed by atoms with Crippen LogP contribution >= 0.6 is 11.6 Å². The minimum Gasteiger partial charge on any atom is -0.368 e. The van der Waals surface area contributed by atoms with E-state index in [1.165, 1.54) is 18.9 Å². The van der Waals surface area contributed by atoms with Gasteiger partial charge < -0.3 is 10.2 Å². The van der Waals surface area contributed by atoms with Crippen LogP contribution < -0.4 is 10.2 Å². The molecule has 1 atom stereocenters. The molecule has 1 N–H and O–H groups in total. The van der Waals surface area contributed by atoms with Gasteiger partial charge in [0.15, 0.2) is 0 Å². The molecule has 0 amide bonds. The van der Waals surface area contributed by atoms with Crippen molar-refractivity contribution in [1.82, 2.24) is 5.32 Å². The first-order valence-corrected chi connectivity index (χ1v) is 6.91. The van der Waals surface area contributed by atoms with Crippen molar-refractivity contribution in [3.05, 3.63) is 29.0 Å². The maximum atomic E-state index is 13.2. The first kappa shape index (κ1) is 12.2. The Morgan fingerprint density at radius 2 is 2.22 bits per heavy atom. The van der Waals surface area contributed by atoms with Crippen molar-refractivity contribution in [3.63, 3.8) is 0 Å². The van der Waals surface area contributed by atoms with Crippen LogP contribution in [0.3, 0.4) is 0 Å². The minimum atomic E-state index is -0.347. The summed E-state index contributed by atoms with van der Waals surface area (Å²) in [5.41, 5.74) is 1.22. The summed E-state index contributed by atoms with van der Waals surface area (Å²) in [6.45, 7) is 5.19. The van der Waals surface area contributed by atoms with Gasteiger partial charge in [-0.1, -0.05) is 11.6 Å². The number of nitrogens with one attached hydrogen (secondary N) is 1. The second-order valence-corrected chi connectivity index (χ2v) is 6.05. The molecule has 0 bridgehead atoms. The Balaban J connectivity index is 1.81. The molecule has 1 aliphatic carbocycles. The van der Waals surface area contributed by atoms with Crippen LogP contribution in [0.4, 0.5) is 10.1 Å². The molecule has 1 aromatic carbocycles. The topological polar surface area (TPSA) is 15.3 Å². The number of nitrogens with zero attached hydrogens (tertiary/aromatic N) is 1. The number of rotatable bonds is 2. The lowest BCUT2D eigenvalue weighted by atomic mass is 9.92. The molecular weight excluding hydrogens is 251 g/mol. The highest BCUT2D eigenvalue weighted by atomic mass is 35.5. The van der Waals surface area contributed by atoms with Crippen molar-refractivity contribution in [2.24, 2.45) is 5.92 Å². The normalized spacial score (nSPS) is 28.5. The van der Waals surface area contributed by atoms with Gasteiger partial charge in [0.2, 0.25) is 0 Å². The van der Waals surface area contributed by atoms with E-state index >= 15 is 0 Å². The molecule has 1 aliphatic heterocycles. The van der Waals surface area contributed by atoms with Crippen LogP contribution in [-0.4, -0.2) is 25.2 Å². The van der Waals surface area contributed by atoms with Crippen LogP contribution in [0.25, 0.3) is 0 Å². The molecule has 1 unspecified atom stereocenters. The zero-order valence-corrected chi connectivity index (χ0v) is 11.3. The number of hydrogen-bond donors (Lipinski definition) is 1. The molecule has 2 aliphatic rings. The fourth-order valence-electron chi connectivity index (χ4n) is 2.90. The minimum absolute atomic E-state index is 0.194. The zero-order chi connectivity index (χ0) is 12.8. The van der Waals surface area contributed by atoms with Crippen LogP contribution in [0.2, 0.25) is 5.02 Å². The maximum Gasteiger partial charge on any atom is 0.141 e. The Morgan fingerprint density at radius 3 is 2.89 bits per heavy atom. The summed E-state index contributed by atoms with van der Waals surface area (Å²) in [5.74, 6) is 0.441. The van der Waals surface area contributed by atoms with Crippen LogP contribution in [0.5, 0.6) is 0 Å². The van der Waals surface area contributed by atoms with E-state index in [4.69, 9.17) is 11.6 Å². The summed E-state index contributed by atoms with van der Waals surface area (Å²) in [6, 6.07) is 5.00. The van der Waals surface area contributed by atoms with E-state index in [2.05, 4.69) is 17.1 Å². The largest absolute Gasteiger partial charge is 0.368 e. The summed E-state index contributed by atoms with van der Waals surface area (Å²) in [5, 5.41) is 3.84. The van der Waals surface area contributed by atoms with E-state index in [0.717, 1.165) is 31.2 Å². The third kappa shape index (κ3) is 2.21. The number of hydrogen-bond acceptors (Lipinski definition) is 2. The van der Waals surface area contributed by atoms with Crippen molar-refractivity contribution in [3.8, 4) is 0 Å². The average Bonchev–Trinajstić information content (AvgIpc) is 3.17. The molecule has 4 heteroatoms. The van der Waals surface area contributed by atoms with Crippen molar-refractivity contribution >= 4 is 17.3 Å². The predicted octanol–water partition coefficient (Wildman–Crippen LogP) is 3.06. The highest BCUT2D eigenvalue weighted by molar-refractivity contribution is 6.31. The molecule has 18 heavy (non-hydrogen) atoms. The van der Waals surface area contributed by atoms with Crippen molar-refractivity contribution in [2.45, 2.75) is 25.3 Å². The van der Waals surface area contributed by atoms with Gasteiger partial charge in [-0.3, -0.25) is 0 Å². The molecule has 1 aromatic rings. The Labute approximate surface area is 112 Å². The molecule has 2 fully saturated rings. The molecule has 1 saturated heterocycles. The zero-order valence-electron chi connectivity index (χ0n) is 10.5. The molecule has 0 spiro atoms. The SMILES string of the molecule is CC1(C2CC2)CN(c2ccc(F)c(Cl)c2)CCN1. The standard InChI is InChI=1S/C14H18ClFN2/c1-14(10-2-3-10)9-18(7-6-17-14)11-4-5-13(16)12(15)8-11/h4-5,8,10,17H,2-3,6-7,9H2,1H3. The number of benzene rings is 1. The Kier molecular flexibility index (Phi) is 2.99. The molecule has 98 valence electrons. The predicted molar refractivity (Wildman–Crippen MR) is 72.8 cm³/mol. The van der Waals surface area contributed by atoms with Crippen LogP contribution in [0, 0.1) is 11.7 Å². The van der Waals surface area contributed by atoms with Crippen LogP contribution in [0.1, 0.15) is 19.8 Å². The Hall–Kier alpha value is -0.800. The van der Waals surface area contributed by atoms with Crippen LogP contribution in [-0.2, 0) is 0 Å². The van der Waals surface area contributed by atoms with Gasteiger partial charge in [-0.2, -0.15) is 0 Å². The van der Waals surface area contributed by atoms with Crippen molar-refractivity contribution < 1.29 is 4.39 Å². The van der Waals surface area contributed by atoms with E-state index in [1.54, 1.807) is 6.07 Å².